The fourth-order valence-electron chi connectivity index (χ4n) is 3.42. The zero-order chi connectivity index (χ0) is 17.8. The van der Waals surface area contributed by atoms with Crippen molar-refractivity contribution in [3.05, 3.63) is 65.2 Å². The van der Waals surface area contributed by atoms with Crippen LogP contribution in [0.25, 0.3) is 0 Å². The van der Waals surface area contributed by atoms with E-state index in [0.717, 1.165) is 0 Å². The van der Waals surface area contributed by atoms with Crippen molar-refractivity contribution in [1.29, 1.82) is 0 Å². The van der Waals surface area contributed by atoms with Gasteiger partial charge in [-0.1, -0.05) is 48.0 Å². The predicted octanol–water partition coefficient (Wildman–Crippen LogP) is 3.73. The van der Waals surface area contributed by atoms with Gasteiger partial charge in [-0.05, 0) is 43.1 Å². The van der Waals surface area contributed by atoms with E-state index in [1.54, 1.807) is 31.2 Å². The van der Waals surface area contributed by atoms with Crippen molar-refractivity contribution in [3.8, 4) is 5.75 Å². The van der Waals surface area contributed by atoms with E-state index in [1.807, 2.05) is 23.1 Å². The number of rotatable bonds is 5. The second kappa shape index (κ2) is 9.26. The van der Waals surface area contributed by atoms with Crippen molar-refractivity contribution in [2.45, 2.75) is 18.9 Å². The van der Waals surface area contributed by atoms with Crippen molar-refractivity contribution < 1.29 is 9.53 Å². The van der Waals surface area contributed by atoms with Crippen molar-refractivity contribution >= 4 is 29.9 Å². The quantitative estimate of drug-likeness (QED) is 0.840. The van der Waals surface area contributed by atoms with Crippen molar-refractivity contribution in [3.63, 3.8) is 0 Å². The third-order valence-corrected chi connectivity index (χ3v) is 4.97. The van der Waals surface area contributed by atoms with Crippen LogP contribution in [0.15, 0.2) is 54.6 Å². The molecule has 0 saturated carbocycles. The van der Waals surface area contributed by atoms with Gasteiger partial charge < -0.3 is 15.4 Å². The first-order valence-electron chi connectivity index (χ1n) is 8.54. The molecule has 1 heterocycles. The summed E-state index contributed by atoms with van der Waals surface area (Å²) in [6.07, 6.45) is -0.564. The maximum Gasteiger partial charge on any atom is 0.263 e. The lowest BCUT2D eigenvalue weighted by Crippen LogP contribution is -2.39. The zero-order valence-corrected chi connectivity index (χ0v) is 16.2. The lowest BCUT2D eigenvalue weighted by atomic mass is 9.89. The van der Waals surface area contributed by atoms with Gasteiger partial charge in [0.15, 0.2) is 6.10 Å². The lowest BCUT2D eigenvalue weighted by molar-refractivity contribution is -0.137. The number of halogens is 2. The first-order valence-corrected chi connectivity index (χ1v) is 8.92. The van der Waals surface area contributed by atoms with Crippen LogP contribution in [0.3, 0.4) is 0 Å². The molecule has 1 aliphatic rings. The minimum atomic E-state index is -0.564. The van der Waals surface area contributed by atoms with Crippen molar-refractivity contribution in [1.82, 2.24) is 4.90 Å². The Morgan fingerprint density at radius 2 is 1.96 bits per heavy atom. The second-order valence-corrected chi connectivity index (χ2v) is 6.91. The third kappa shape index (κ3) is 4.70. The first kappa shape index (κ1) is 20.6. The molecule has 0 aromatic heterocycles. The normalized spacial score (nSPS) is 20.3. The molecule has 3 atom stereocenters. The fourth-order valence-corrected chi connectivity index (χ4v) is 3.60. The number of amides is 1. The van der Waals surface area contributed by atoms with Gasteiger partial charge >= 0.3 is 0 Å². The highest BCUT2D eigenvalue weighted by Gasteiger charge is 2.37. The Morgan fingerprint density at radius 1 is 1.23 bits per heavy atom. The number of nitrogens with zero attached hydrogens (tertiary/aromatic N) is 1. The topological polar surface area (TPSA) is 55.6 Å². The average Bonchev–Trinajstić information content (AvgIpc) is 3.06. The van der Waals surface area contributed by atoms with Gasteiger partial charge in [0.1, 0.15) is 5.75 Å². The first-order chi connectivity index (χ1) is 12.1. The maximum atomic E-state index is 12.8. The molecule has 1 unspecified atom stereocenters. The molecule has 26 heavy (non-hydrogen) atoms. The molecule has 1 amide bonds. The number of carbonyl (C=O) groups excluding carboxylic acids is 1. The van der Waals surface area contributed by atoms with E-state index in [4.69, 9.17) is 22.1 Å². The number of nitrogens with two attached hydrogens (primary N) is 1. The van der Waals surface area contributed by atoms with Gasteiger partial charge in [0.25, 0.3) is 5.91 Å². The monoisotopic (exact) mass is 394 g/mol. The van der Waals surface area contributed by atoms with Gasteiger partial charge in [0, 0.05) is 24.0 Å². The van der Waals surface area contributed by atoms with E-state index in [9.17, 15) is 4.79 Å². The zero-order valence-electron chi connectivity index (χ0n) is 14.7. The van der Waals surface area contributed by atoms with Crippen LogP contribution in [-0.2, 0) is 4.79 Å². The Balaban J connectivity index is 0.00000243. The molecule has 3 rings (SSSR count). The summed E-state index contributed by atoms with van der Waals surface area (Å²) in [7, 11) is 0. The van der Waals surface area contributed by atoms with E-state index in [-0.39, 0.29) is 30.2 Å². The summed E-state index contributed by atoms with van der Waals surface area (Å²) in [5.41, 5.74) is 7.19. The largest absolute Gasteiger partial charge is 0.481 e. The number of ether oxygens (including phenoxy) is 1. The van der Waals surface area contributed by atoms with Crippen molar-refractivity contribution in [2.24, 2.45) is 11.7 Å². The molecule has 1 aliphatic heterocycles. The van der Waals surface area contributed by atoms with Gasteiger partial charge in [-0.2, -0.15) is 0 Å². The minimum Gasteiger partial charge on any atom is -0.481 e. The number of carbonyl (C=O) groups is 1. The summed E-state index contributed by atoms with van der Waals surface area (Å²) in [4.78, 5) is 14.7. The van der Waals surface area contributed by atoms with Gasteiger partial charge in [-0.25, -0.2) is 0 Å². The summed E-state index contributed by atoms with van der Waals surface area (Å²) >= 11 is 5.97. The van der Waals surface area contributed by atoms with Gasteiger partial charge in [0.05, 0.1) is 0 Å². The Kier molecular flexibility index (Phi) is 7.33. The Morgan fingerprint density at radius 3 is 2.62 bits per heavy atom. The Hall–Kier alpha value is -1.75. The molecule has 2 aromatic carbocycles. The molecule has 1 saturated heterocycles. The Bertz CT molecular complexity index is 727. The molecular weight excluding hydrogens is 371 g/mol. The molecule has 1 fully saturated rings. The molecule has 2 N–H and O–H groups in total. The van der Waals surface area contributed by atoms with Crippen LogP contribution >= 0.6 is 24.0 Å². The number of hydrogen-bond acceptors (Lipinski definition) is 3. The molecular formula is C20H24Cl2N2O2. The van der Waals surface area contributed by atoms with Crippen LogP contribution in [0.2, 0.25) is 5.02 Å². The second-order valence-electron chi connectivity index (χ2n) is 6.47. The molecule has 0 spiro atoms. The highest BCUT2D eigenvalue weighted by molar-refractivity contribution is 6.30. The Labute approximate surface area is 165 Å². The van der Waals surface area contributed by atoms with Crippen LogP contribution in [-0.4, -0.2) is 36.5 Å². The molecule has 6 heteroatoms. The maximum absolute atomic E-state index is 12.8. The molecule has 0 radical (unpaired) electrons. The third-order valence-electron chi connectivity index (χ3n) is 4.74. The number of benzene rings is 2. The van der Waals surface area contributed by atoms with Crippen LogP contribution in [0.5, 0.6) is 5.75 Å². The summed E-state index contributed by atoms with van der Waals surface area (Å²) in [6, 6.07) is 17.4. The highest BCUT2D eigenvalue weighted by Crippen LogP contribution is 2.32. The van der Waals surface area contributed by atoms with E-state index >= 15 is 0 Å². The van der Waals surface area contributed by atoms with E-state index in [2.05, 4.69) is 12.1 Å². The van der Waals surface area contributed by atoms with Crippen molar-refractivity contribution in [2.75, 3.05) is 19.6 Å². The van der Waals surface area contributed by atoms with Crippen LogP contribution in [0.1, 0.15) is 18.4 Å². The van der Waals surface area contributed by atoms with Crippen LogP contribution < -0.4 is 10.5 Å². The van der Waals surface area contributed by atoms with Gasteiger partial charge in [0.2, 0.25) is 0 Å². The molecule has 140 valence electrons. The number of hydrogen-bond donors (Lipinski definition) is 1. The van der Waals surface area contributed by atoms with E-state index in [0.29, 0.717) is 30.4 Å². The van der Waals surface area contributed by atoms with Gasteiger partial charge in [-0.3, -0.25) is 4.79 Å². The number of likely N-dealkylation sites (tertiary alicyclic amines) is 1. The SMILES string of the molecule is CC(Oc1cccc(Cl)c1)C(=O)N1C[C@@H](CN)[C@H](c2ccccc2)C1.Cl. The summed E-state index contributed by atoms with van der Waals surface area (Å²) in [5, 5.41) is 0.589. The molecule has 2 aromatic rings. The van der Waals surface area contributed by atoms with E-state index in [1.165, 1.54) is 5.56 Å². The molecule has 0 aliphatic carbocycles. The van der Waals surface area contributed by atoms with Crippen LogP contribution in [0, 0.1) is 5.92 Å². The van der Waals surface area contributed by atoms with Gasteiger partial charge in [-0.15, -0.1) is 12.4 Å². The summed E-state index contributed by atoms with van der Waals surface area (Å²) in [6.45, 7) is 3.68. The average molecular weight is 395 g/mol. The highest BCUT2D eigenvalue weighted by atomic mass is 35.5. The molecule has 0 bridgehead atoms. The smallest absolute Gasteiger partial charge is 0.263 e. The summed E-state index contributed by atoms with van der Waals surface area (Å²) < 4.78 is 5.77. The standard InChI is InChI=1S/C20H23ClN2O2.ClH/c1-14(25-18-9-5-8-17(21)10-18)20(24)23-12-16(11-22)19(13-23)15-6-3-2-4-7-15;/h2-10,14,16,19H,11-13,22H2,1H3;1H/t14?,16-,19+;/m1./s1. The fraction of sp³-hybridized carbons (Fsp3) is 0.350. The minimum absolute atomic E-state index is 0. The predicted molar refractivity (Wildman–Crippen MR) is 107 cm³/mol. The summed E-state index contributed by atoms with van der Waals surface area (Å²) in [5.74, 6) is 1.12. The lowest BCUT2D eigenvalue weighted by Gasteiger charge is -2.22. The van der Waals surface area contributed by atoms with Crippen LogP contribution in [0.4, 0.5) is 0 Å². The molecule has 4 nitrogen and oxygen atoms in total. The van der Waals surface area contributed by atoms with E-state index < -0.39 is 6.10 Å².